The van der Waals surface area contributed by atoms with Crippen LogP contribution in [0.3, 0.4) is 0 Å². The average molecular weight is 607 g/mol. The van der Waals surface area contributed by atoms with Crippen LogP contribution in [-0.4, -0.2) is 19.9 Å². The van der Waals surface area contributed by atoms with E-state index in [9.17, 15) is 0 Å². The van der Waals surface area contributed by atoms with Gasteiger partial charge in [-0.3, -0.25) is 0 Å². The van der Waals surface area contributed by atoms with E-state index < -0.39 is 0 Å². The van der Waals surface area contributed by atoms with Crippen LogP contribution in [0.4, 0.5) is 0 Å². The van der Waals surface area contributed by atoms with Crippen molar-refractivity contribution in [3.63, 3.8) is 0 Å². The second-order valence-corrected chi connectivity index (χ2v) is 11.5. The normalized spacial score (nSPS) is 11.8. The molecule has 0 aliphatic rings. The van der Waals surface area contributed by atoms with Crippen molar-refractivity contribution in [1.29, 1.82) is 0 Å². The van der Waals surface area contributed by atoms with Crippen molar-refractivity contribution in [3.05, 3.63) is 133 Å². The molecule has 0 saturated carbocycles. The van der Waals surface area contributed by atoms with E-state index in [0.29, 0.717) is 23.4 Å². The first-order valence-electron chi connectivity index (χ1n) is 15.3. The first-order chi connectivity index (χ1) is 23.2. The minimum atomic E-state index is 0.559. The highest BCUT2D eigenvalue weighted by atomic mass is 16.3. The number of nitrogens with zero attached hydrogens (tertiary/aromatic N) is 4. The SMILES string of the molecule is c1ccc2oc(-c3ccc(-c4nc(-c5ccc6oc7ccccc7c6c5)nc(-c5ccc6oc7ccccc7c6c5)n4)cc3)nc2c1. The Labute approximate surface area is 266 Å². The third-order valence-electron chi connectivity index (χ3n) is 8.59. The topological polar surface area (TPSA) is 91.0 Å². The van der Waals surface area contributed by atoms with E-state index in [-0.39, 0.29) is 0 Å². The highest BCUT2D eigenvalue weighted by molar-refractivity contribution is 6.07. The van der Waals surface area contributed by atoms with Crippen LogP contribution in [0.5, 0.6) is 0 Å². The summed E-state index contributed by atoms with van der Waals surface area (Å²) in [6.45, 7) is 0. The van der Waals surface area contributed by atoms with E-state index in [2.05, 4.69) is 29.2 Å². The van der Waals surface area contributed by atoms with Crippen molar-refractivity contribution in [2.24, 2.45) is 0 Å². The summed E-state index contributed by atoms with van der Waals surface area (Å²) in [5.41, 5.74) is 8.35. The van der Waals surface area contributed by atoms with Gasteiger partial charge in [-0.15, -0.1) is 0 Å². The summed E-state index contributed by atoms with van der Waals surface area (Å²) in [5, 5.41) is 4.11. The predicted octanol–water partition coefficient (Wildman–Crippen LogP) is 10.5. The molecule has 0 N–H and O–H groups in total. The smallest absolute Gasteiger partial charge is 0.227 e. The summed E-state index contributed by atoms with van der Waals surface area (Å²) in [5.74, 6) is 2.26. The van der Waals surface area contributed by atoms with Gasteiger partial charge in [0.15, 0.2) is 23.1 Å². The number of fused-ring (bicyclic) bond motifs is 7. The van der Waals surface area contributed by atoms with Crippen molar-refractivity contribution in [2.75, 3.05) is 0 Å². The minimum Gasteiger partial charge on any atom is -0.456 e. The molecule has 4 aromatic heterocycles. The minimum absolute atomic E-state index is 0.559. The van der Waals surface area contributed by atoms with Gasteiger partial charge in [-0.2, -0.15) is 0 Å². The third kappa shape index (κ3) is 4.21. The van der Waals surface area contributed by atoms with E-state index in [4.69, 9.17) is 28.2 Å². The number of rotatable bonds is 4. The molecular weight excluding hydrogens is 584 g/mol. The molecular formula is C40H22N4O3. The highest BCUT2D eigenvalue weighted by Gasteiger charge is 2.17. The number of hydrogen-bond donors (Lipinski definition) is 0. The standard InChI is InChI=1S/C40H22N4O3/c1-4-10-32-27(7-1)29-21-25(17-19-34(29)45-32)38-42-37(23-13-15-24(16-14-23)40-41-31-9-3-6-12-36(31)47-40)43-39(44-38)26-18-20-35-30(22-26)28-8-2-5-11-33(28)46-35/h1-22H. The van der Waals surface area contributed by atoms with Gasteiger partial charge in [0, 0.05) is 43.8 Å². The van der Waals surface area contributed by atoms with E-state index in [1.807, 2.05) is 109 Å². The zero-order chi connectivity index (χ0) is 30.9. The molecule has 10 rings (SSSR count). The van der Waals surface area contributed by atoms with Crippen LogP contribution in [0.2, 0.25) is 0 Å². The lowest BCUT2D eigenvalue weighted by molar-refractivity contribution is 0.620. The maximum atomic E-state index is 6.09. The quantitative estimate of drug-likeness (QED) is 0.197. The fourth-order valence-electron chi connectivity index (χ4n) is 6.25. The van der Waals surface area contributed by atoms with Crippen molar-refractivity contribution in [3.8, 4) is 45.6 Å². The predicted molar refractivity (Wildman–Crippen MR) is 184 cm³/mol. The van der Waals surface area contributed by atoms with Crippen LogP contribution in [0, 0.1) is 0 Å². The van der Waals surface area contributed by atoms with E-state index in [1.165, 1.54) is 0 Å². The second-order valence-electron chi connectivity index (χ2n) is 11.5. The van der Waals surface area contributed by atoms with E-state index in [0.717, 1.165) is 77.2 Å². The summed E-state index contributed by atoms with van der Waals surface area (Å²) in [6, 6.07) is 43.9. The van der Waals surface area contributed by atoms with Gasteiger partial charge in [0.05, 0.1) is 0 Å². The molecule has 4 heterocycles. The van der Waals surface area contributed by atoms with Crippen LogP contribution in [0.1, 0.15) is 0 Å². The molecule has 0 aliphatic carbocycles. The lowest BCUT2D eigenvalue weighted by atomic mass is 10.1. The number of oxazole rings is 1. The lowest BCUT2D eigenvalue weighted by Crippen LogP contribution is -2.00. The van der Waals surface area contributed by atoms with Gasteiger partial charge in [-0.05, 0) is 72.8 Å². The summed E-state index contributed by atoms with van der Waals surface area (Å²) >= 11 is 0. The summed E-state index contributed by atoms with van der Waals surface area (Å²) in [4.78, 5) is 19.7. The Morgan fingerprint density at radius 1 is 0.319 bits per heavy atom. The molecule has 0 atom stereocenters. The summed E-state index contributed by atoms with van der Waals surface area (Å²) in [6.07, 6.45) is 0. The van der Waals surface area contributed by atoms with Crippen LogP contribution in [-0.2, 0) is 0 Å². The first-order valence-corrected chi connectivity index (χ1v) is 15.3. The van der Waals surface area contributed by atoms with Crippen LogP contribution in [0.15, 0.2) is 147 Å². The van der Waals surface area contributed by atoms with Gasteiger partial charge < -0.3 is 13.3 Å². The van der Waals surface area contributed by atoms with Crippen LogP contribution in [0.25, 0.3) is 101 Å². The molecule has 0 spiro atoms. The van der Waals surface area contributed by atoms with E-state index in [1.54, 1.807) is 0 Å². The molecule has 0 radical (unpaired) electrons. The summed E-state index contributed by atoms with van der Waals surface area (Å²) in [7, 11) is 0. The maximum Gasteiger partial charge on any atom is 0.227 e. The van der Waals surface area contributed by atoms with Gasteiger partial charge in [-0.25, -0.2) is 19.9 Å². The average Bonchev–Trinajstić information content (AvgIpc) is 3.84. The largest absolute Gasteiger partial charge is 0.456 e. The molecule has 0 saturated heterocycles. The molecule has 0 unspecified atom stereocenters. The van der Waals surface area contributed by atoms with Gasteiger partial charge in [0.1, 0.15) is 27.8 Å². The molecule has 7 heteroatoms. The van der Waals surface area contributed by atoms with Crippen molar-refractivity contribution in [1.82, 2.24) is 19.9 Å². The Morgan fingerprint density at radius 2 is 0.766 bits per heavy atom. The number of benzene rings is 6. The van der Waals surface area contributed by atoms with Gasteiger partial charge >= 0.3 is 0 Å². The fourth-order valence-corrected chi connectivity index (χ4v) is 6.25. The Morgan fingerprint density at radius 3 is 1.34 bits per heavy atom. The van der Waals surface area contributed by atoms with Crippen molar-refractivity contribution in [2.45, 2.75) is 0 Å². The number of hydrogen-bond acceptors (Lipinski definition) is 7. The van der Waals surface area contributed by atoms with Crippen molar-refractivity contribution < 1.29 is 13.3 Å². The molecule has 10 aromatic rings. The fraction of sp³-hybridized carbons (Fsp3) is 0. The molecule has 0 bridgehead atoms. The van der Waals surface area contributed by atoms with Gasteiger partial charge in [0.25, 0.3) is 0 Å². The number of aromatic nitrogens is 4. The Bertz CT molecular complexity index is 2640. The molecule has 6 aromatic carbocycles. The zero-order valence-electron chi connectivity index (χ0n) is 24.7. The Balaban J connectivity index is 1.13. The second kappa shape index (κ2) is 9.95. The zero-order valence-corrected chi connectivity index (χ0v) is 24.7. The van der Waals surface area contributed by atoms with Crippen LogP contribution >= 0.6 is 0 Å². The molecule has 0 aliphatic heterocycles. The molecule has 7 nitrogen and oxygen atoms in total. The van der Waals surface area contributed by atoms with Gasteiger partial charge in [-0.1, -0.05) is 60.7 Å². The number of para-hydroxylation sites is 4. The number of furan rings is 2. The maximum absolute atomic E-state index is 6.09. The van der Waals surface area contributed by atoms with E-state index >= 15 is 0 Å². The summed E-state index contributed by atoms with van der Waals surface area (Å²) < 4.78 is 18.2. The molecule has 47 heavy (non-hydrogen) atoms. The Hall–Kier alpha value is -6.60. The molecule has 0 amide bonds. The molecule has 0 fully saturated rings. The third-order valence-corrected chi connectivity index (χ3v) is 8.59. The molecule has 220 valence electrons. The Kier molecular flexibility index (Phi) is 5.44. The first kappa shape index (κ1) is 25.7. The highest BCUT2D eigenvalue weighted by Crippen LogP contribution is 2.35. The van der Waals surface area contributed by atoms with Crippen LogP contribution < -0.4 is 0 Å². The van der Waals surface area contributed by atoms with Gasteiger partial charge in [0.2, 0.25) is 5.89 Å². The van der Waals surface area contributed by atoms with Crippen molar-refractivity contribution >= 4 is 55.0 Å². The lowest BCUT2D eigenvalue weighted by Gasteiger charge is -2.09. The monoisotopic (exact) mass is 606 g/mol.